The van der Waals surface area contributed by atoms with Crippen LogP contribution in [0.15, 0.2) is 42.1 Å². The summed E-state index contributed by atoms with van der Waals surface area (Å²) in [6.07, 6.45) is 6.84. The summed E-state index contributed by atoms with van der Waals surface area (Å²) >= 11 is 0. The van der Waals surface area contributed by atoms with Crippen molar-refractivity contribution in [1.29, 1.82) is 0 Å². The minimum atomic E-state index is -0.0649. The van der Waals surface area contributed by atoms with E-state index in [1.165, 1.54) is 18.4 Å². The number of hydrogen-bond donors (Lipinski definition) is 0. The molecule has 0 N–H and O–H groups in total. The van der Waals surface area contributed by atoms with Gasteiger partial charge in [-0.2, -0.15) is 0 Å². The molecule has 1 atom stereocenters. The highest BCUT2D eigenvalue weighted by atomic mass is 16.6. The largest absolute Gasteiger partial charge is 0.390 e. The molecule has 1 heterocycles. The second kappa shape index (κ2) is 7.65. The van der Waals surface area contributed by atoms with Crippen LogP contribution in [0.2, 0.25) is 0 Å². The molecule has 0 spiro atoms. The standard InChI is InChI=1S/C20H26N2O2/c1-3-12-22(20(23)16-9-5-6-10-16)14-17-13-19(21-24-17)18-11-7-4-8-15(18)2/h3-4,7-8,11,16-17H,1,5-6,9-10,12-14H2,2H3. The lowest BCUT2D eigenvalue weighted by molar-refractivity contribution is -0.136. The zero-order valence-corrected chi connectivity index (χ0v) is 14.4. The molecule has 2 aliphatic rings. The molecule has 0 radical (unpaired) electrons. The Morgan fingerprint density at radius 3 is 2.83 bits per heavy atom. The van der Waals surface area contributed by atoms with Gasteiger partial charge in [0.15, 0.2) is 6.10 Å². The second-order valence-electron chi connectivity index (χ2n) is 6.80. The van der Waals surface area contributed by atoms with Crippen molar-refractivity contribution in [1.82, 2.24) is 4.90 Å². The molecule has 1 fully saturated rings. The predicted molar refractivity (Wildman–Crippen MR) is 95.9 cm³/mol. The molecule has 1 aromatic carbocycles. The van der Waals surface area contributed by atoms with Gasteiger partial charge in [0.05, 0.1) is 12.3 Å². The molecule has 0 bridgehead atoms. The van der Waals surface area contributed by atoms with Crippen LogP contribution in [0.1, 0.15) is 43.2 Å². The Balaban J connectivity index is 1.62. The molecule has 1 aliphatic carbocycles. The van der Waals surface area contributed by atoms with E-state index in [9.17, 15) is 4.79 Å². The average molecular weight is 326 g/mol. The van der Waals surface area contributed by atoms with E-state index in [4.69, 9.17) is 4.84 Å². The summed E-state index contributed by atoms with van der Waals surface area (Å²) in [5, 5.41) is 4.27. The fourth-order valence-corrected chi connectivity index (χ4v) is 3.67. The van der Waals surface area contributed by atoms with Crippen molar-refractivity contribution >= 4 is 11.6 Å². The average Bonchev–Trinajstić information content (AvgIpc) is 3.26. The number of rotatable bonds is 6. The van der Waals surface area contributed by atoms with Crippen molar-refractivity contribution in [2.24, 2.45) is 11.1 Å². The van der Waals surface area contributed by atoms with Gasteiger partial charge in [0.2, 0.25) is 5.91 Å². The van der Waals surface area contributed by atoms with Crippen molar-refractivity contribution in [2.75, 3.05) is 13.1 Å². The number of amides is 1. The molecule has 1 aromatic rings. The first-order valence-electron chi connectivity index (χ1n) is 8.87. The van der Waals surface area contributed by atoms with Crippen molar-refractivity contribution in [3.05, 3.63) is 48.0 Å². The fraction of sp³-hybridized carbons (Fsp3) is 0.500. The molecule has 0 saturated heterocycles. The molecule has 1 aliphatic heterocycles. The quantitative estimate of drug-likeness (QED) is 0.748. The lowest BCUT2D eigenvalue weighted by Gasteiger charge is -2.26. The molecule has 0 aromatic heterocycles. The highest BCUT2D eigenvalue weighted by Crippen LogP contribution is 2.27. The van der Waals surface area contributed by atoms with Gasteiger partial charge in [-0.3, -0.25) is 4.79 Å². The predicted octanol–water partition coefficient (Wildman–Crippen LogP) is 3.69. The van der Waals surface area contributed by atoms with Crippen LogP contribution < -0.4 is 0 Å². The lowest BCUT2D eigenvalue weighted by Crippen LogP contribution is -2.40. The Kier molecular flexibility index (Phi) is 5.34. The van der Waals surface area contributed by atoms with Crippen molar-refractivity contribution in [3.63, 3.8) is 0 Å². The number of oxime groups is 1. The number of benzene rings is 1. The first-order chi connectivity index (χ1) is 11.7. The van der Waals surface area contributed by atoms with Crippen LogP contribution in [0.25, 0.3) is 0 Å². The van der Waals surface area contributed by atoms with E-state index in [0.717, 1.165) is 30.5 Å². The topological polar surface area (TPSA) is 41.9 Å². The van der Waals surface area contributed by atoms with Gasteiger partial charge in [0, 0.05) is 24.4 Å². The van der Waals surface area contributed by atoms with E-state index in [0.29, 0.717) is 13.1 Å². The van der Waals surface area contributed by atoms with Crippen LogP contribution in [0.5, 0.6) is 0 Å². The smallest absolute Gasteiger partial charge is 0.226 e. The Morgan fingerprint density at radius 2 is 2.12 bits per heavy atom. The van der Waals surface area contributed by atoms with E-state index in [1.807, 2.05) is 17.0 Å². The van der Waals surface area contributed by atoms with Crippen LogP contribution in [0, 0.1) is 12.8 Å². The summed E-state index contributed by atoms with van der Waals surface area (Å²) in [5.41, 5.74) is 3.31. The maximum absolute atomic E-state index is 12.7. The van der Waals surface area contributed by atoms with Gasteiger partial charge >= 0.3 is 0 Å². The number of nitrogens with zero attached hydrogens (tertiary/aromatic N) is 2. The molecule has 4 nitrogen and oxygen atoms in total. The van der Waals surface area contributed by atoms with Crippen LogP contribution in [-0.2, 0) is 9.63 Å². The molecule has 1 amide bonds. The van der Waals surface area contributed by atoms with Gasteiger partial charge < -0.3 is 9.74 Å². The molecule has 3 rings (SSSR count). The Labute approximate surface area is 144 Å². The number of carbonyl (C=O) groups excluding carboxylic acids is 1. The summed E-state index contributed by atoms with van der Waals surface area (Å²) in [6, 6.07) is 8.20. The van der Waals surface area contributed by atoms with Gasteiger partial charge in [0.25, 0.3) is 0 Å². The molecular weight excluding hydrogens is 300 g/mol. The number of hydrogen-bond acceptors (Lipinski definition) is 3. The molecule has 4 heteroatoms. The van der Waals surface area contributed by atoms with E-state index in [1.54, 1.807) is 6.08 Å². The molecule has 128 valence electrons. The van der Waals surface area contributed by atoms with E-state index < -0.39 is 0 Å². The summed E-state index contributed by atoms with van der Waals surface area (Å²) in [6.45, 7) is 7.04. The monoisotopic (exact) mass is 326 g/mol. The van der Waals surface area contributed by atoms with E-state index >= 15 is 0 Å². The van der Waals surface area contributed by atoms with Crippen molar-refractivity contribution < 1.29 is 9.63 Å². The van der Waals surface area contributed by atoms with Crippen LogP contribution in [-0.4, -0.2) is 35.7 Å². The van der Waals surface area contributed by atoms with E-state index in [2.05, 4.69) is 30.8 Å². The third-order valence-corrected chi connectivity index (χ3v) is 4.98. The van der Waals surface area contributed by atoms with Gasteiger partial charge in [-0.05, 0) is 25.3 Å². The van der Waals surface area contributed by atoms with Crippen LogP contribution in [0.3, 0.4) is 0 Å². The highest BCUT2D eigenvalue weighted by molar-refractivity contribution is 6.02. The summed E-state index contributed by atoms with van der Waals surface area (Å²) in [7, 11) is 0. The second-order valence-corrected chi connectivity index (χ2v) is 6.80. The van der Waals surface area contributed by atoms with Crippen LogP contribution >= 0.6 is 0 Å². The molecular formula is C20H26N2O2. The van der Waals surface area contributed by atoms with Crippen molar-refractivity contribution in [3.8, 4) is 0 Å². The maximum atomic E-state index is 12.7. The fourth-order valence-electron chi connectivity index (χ4n) is 3.67. The summed E-state index contributed by atoms with van der Waals surface area (Å²) in [4.78, 5) is 20.2. The zero-order valence-electron chi connectivity index (χ0n) is 14.4. The first-order valence-corrected chi connectivity index (χ1v) is 8.87. The Morgan fingerprint density at radius 1 is 1.38 bits per heavy atom. The van der Waals surface area contributed by atoms with E-state index in [-0.39, 0.29) is 17.9 Å². The van der Waals surface area contributed by atoms with Crippen molar-refractivity contribution in [2.45, 2.75) is 45.1 Å². The normalized spacial score (nSPS) is 20.5. The van der Waals surface area contributed by atoms with Gasteiger partial charge in [-0.15, -0.1) is 6.58 Å². The maximum Gasteiger partial charge on any atom is 0.226 e. The first kappa shape index (κ1) is 16.7. The Hall–Kier alpha value is -2.10. The summed E-state index contributed by atoms with van der Waals surface area (Å²) < 4.78 is 0. The highest BCUT2D eigenvalue weighted by Gasteiger charge is 2.31. The van der Waals surface area contributed by atoms with Crippen LogP contribution in [0.4, 0.5) is 0 Å². The SMILES string of the molecule is C=CCN(CC1CC(c2ccccc2C)=NO1)C(=O)C1CCCC1. The molecule has 1 unspecified atom stereocenters. The number of aryl methyl sites for hydroxylation is 1. The third-order valence-electron chi connectivity index (χ3n) is 4.98. The summed E-state index contributed by atoms with van der Waals surface area (Å²) in [5.74, 6) is 0.434. The third kappa shape index (κ3) is 3.69. The lowest BCUT2D eigenvalue weighted by atomic mass is 10.00. The Bertz CT molecular complexity index is 632. The number of carbonyl (C=O) groups is 1. The molecule has 1 saturated carbocycles. The van der Waals surface area contributed by atoms with Gasteiger partial charge in [-0.25, -0.2) is 0 Å². The van der Waals surface area contributed by atoms with Gasteiger partial charge in [0.1, 0.15) is 0 Å². The molecule has 24 heavy (non-hydrogen) atoms. The minimum Gasteiger partial charge on any atom is -0.390 e. The van der Waals surface area contributed by atoms with Gasteiger partial charge in [-0.1, -0.05) is 48.3 Å². The minimum absolute atomic E-state index is 0.0649. The zero-order chi connectivity index (χ0) is 16.9.